The number of carbonyl (C=O) groups is 2. The van der Waals surface area contributed by atoms with E-state index in [-0.39, 0.29) is 0 Å². The summed E-state index contributed by atoms with van der Waals surface area (Å²) in [6.07, 6.45) is -1.62. The zero-order valence-corrected chi connectivity index (χ0v) is 22.6. The van der Waals surface area contributed by atoms with Crippen LogP contribution in [-0.4, -0.2) is 24.1 Å². The van der Waals surface area contributed by atoms with Crippen LogP contribution in [0.2, 0.25) is 0 Å². The van der Waals surface area contributed by atoms with Crippen molar-refractivity contribution in [2.24, 2.45) is 0 Å². The van der Waals surface area contributed by atoms with Crippen molar-refractivity contribution < 1.29 is 19.1 Å². The maximum atomic E-state index is 13.4. The number of fused-ring (bicyclic) bond motifs is 4. The van der Waals surface area contributed by atoms with Crippen molar-refractivity contribution in [2.45, 2.75) is 26.3 Å². The predicted octanol–water partition coefficient (Wildman–Crippen LogP) is 6.65. The molecule has 0 aliphatic heterocycles. The van der Waals surface area contributed by atoms with Gasteiger partial charge < -0.3 is 9.47 Å². The van der Waals surface area contributed by atoms with Gasteiger partial charge in [-0.3, -0.25) is 0 Å². The lowest BCUT2D eigenvalue weighted by atomic mass is 9.43. The van der Waals surface area contributed by atoms with Crippen molar-refractivity contribution in [1.82, 2.24) is 0 Å². The highest BCUT2D eigenvalue weighted by molar-refractivity contribution is 9.10. The molecule has 1 spiro atoms. The van der Waals surface area contributed by atoms with Crippen molar-refractivity contribution in [3.63, 3.8) is 0 Å². The predicted molar refractivity (Wildman–Crippen MR) is 146 cm³/mol. The third-order valence-corrected chi connectivity index (χ3v) is 11.0. The highest BCUT2D eigenvalue weighted by Crippen LogP contribution is 2.85. The summed E-state index contributed by atoms with van der Waals surface area (Å²) >= 11 is 8.20. The second kappa shape index (κ2) is 7.89. The number of benzene rings is 4. The smallest absolute Gasteiger partial charge is 0.338 e. The summed E-state index contributed by atoms with van der Waals surface area (Å²) in [7, 11) is 0. The average molecular weight is 616 g/mol. The molecule has 3 aliphatic rings. The van der Waals surface area contributed by atoms with E-state index in [0.29, 0.717) is 11.1 Å². The van der Waals surface area contributed by atoms with Crippen molar-refractivity contribution in [3.8, 4) is 0 Å². The fourth-order valence-electron chi connectivity index (χ4n) is 6.68. The Morgan fingerprint density at radius 3 is 1.22 bits per heavy atom. The molecule has 182 valence electrons. The van der Waals surface area contributed by atoms with Crippen molar-refractivity contribution >= 4 is 43.8 Å². The van der Waals surface area contributed by atoms with Crippen LogP contribution in [-0.2, 0) is 23.5 Å². The second-order valence-electron chi connectivity index (χ2n) is 9.65. The van der Waals surface area contributed by atoms with Crippen molar-refractivity contribution in [3.05, 3.63) is 143 Å². The normalized spacial score (nSPS) is 29.9. The molecule has 0 amide bonds. The molecule has 3 aliphatic carbocycles. The largest absolute Gasteiger partial charge is 0.453 e. The molecular weight excluding hydrogens is 596 g/mol. The van der Waals surface area contributed by atoms with Crippen LogP contribution in [0, 0.1) is 0 Å². The van der Waals surface area contributed by atoms with Gasteiger partial charge in [0, 0.05) is 0 Å². The van der Waals surface area contributed by atoms with Crippen LogP contribution in [0.15, 0.2) is 109 Å². The number of hydrogen-bond donors (Lipinski definition) is 0. The molecule has 5 atom stereocenters. The summed E-state index contributed by atoms with van der Waals surface area (Å²) in [5, 5.41) is 0. The van der Waals surface area contributed by atoms with E-state index < -0.39 is 38.2 Å². The molecule has 4 nitrogen and oxygen atoms in total. The molecule has 4 aromatic rings. The third-order valence-electron chi connectivity index (χ3n) is 8.08. The Morgan fingerprint density at radius 2 is 0.838 bits per heavy atom. The molecule has 3 unspecified atom stereocenters. The van der Waals surface area contributed by atoms with Crippen LogP contribution < -0.4 is 0 Å². The van der Waals surface area contributed by atoms with Crippen LogP contribution in [0.5, 0.6) is 0 Å². The zero-order valence-electron chi connectivity index (χ0n) is 19.4. The Kier molecular flexibility index (Phi) is 4.89. The van der Waals surface area contributed by atoms with Gasteiger partial charge in [0.05, 0.1) is 16.5 Å². The SMILES string of the molecule is O=C(OC1C(OC(=O)c2ccccc2)[C@]2(Br)c3ccccc3[C@@]23c2ccccc2C13Br)c1ccccc1. The lowest BCUT2D eigenvalue weighted by molar-refractivity contribution is -0.0365. The maximum Gasteiger partial charge on any atom is 0.338 e. The van der Waals surface area contributed by atoms with Gasteiger partial charge in [-0.2, -0.15) is 0 Å². The first-order chi connectivity index (χ1) is 18.0. The zero-order chi connectivity index (χ0) is 25.4. The van der Waals surface area contributed by atoms with E-state index in [1.165, 1.54) is 0 Å². The molecule has 0 heterocycles. The van der Waals surface area contributed by atoms with Crippen LogP contribution in [0.1, 0.15) is 43.0 Å². The summed E-state index contributed by atoms with van der Waals surface area (Å²) in [6, 6.07) is 34.1. The fourth-order valence-corrected chi connectivity index (χ4v) is 9.78. The third kappa shape index (κ3) is 2.62. The molecule has 4 aromatic carbocycles. The van der Waals surface area contributed by atoms with Gasteiger partial charge >= 0.3 is 11.9 Å². The van der Waals surface area contributed by atoms with Crippen LogP contribution in [0.3, 0.4) is 0 Å². The lowest BCUT2D eigenvalue weighted by Gasteiger charge is -2.65. The first-order valence-corrected chi connectivity index (χ1v) is 13.6. The van der Waals surface area contributed by atoms with Crippen LogP contribution in [0.25, 0.3) is 0 Å². The standard InChI is InChI=1S/C31H20Br2O4/c32-30-23-17-9-7-15-21(23)29(30)22-16-8-10-18-24(22)31(29,33)26(37-28(35)20-13-5-2-6-14-20)25(30)36-27(34)19-11-3-1-4-12-19/h1-18,25-26H/t25?,26?,29-,30-,31?/m1/s1. The molecule has 7 rings (SSSR count). The Bertz CT molecular complexity index is 1450. The van der Waals surface area contributed by atoms with Gasteiger partial charge in [-0.15, -0.1) is 0 Å². The number of hydrogen-bond acceptors (Lipinski definition) is 4. The number of carbonyl (C=O) groups excluding carboxylic acids is 2. The topological polar surface area (TPSA) is 52.6 Å². The van der Waals surface area contributed by atoms with Gasteiger partial charge in [0.1, 0.15) is 8.65 Å². The van der Waals surface area contributed by atoms with Crippen molar-refractivity contribution in [2.75, 3.05) is 0 Å². The Labute approximate surface area is 230 Å². The minimum absolute atomic E-state index is 0.439. The highest BCUT2D eigenvalue weighted by atomic mass is 79.9. The Hall–Kier alpha value is -3.22. The van der Waals surface area contributed by atoms with E-state index in [2.05, 4.69) is 56.1 Å². The number of ether oxygens (including phenoxy) is 2. The first kappa shape index (κ1) is 22.9. The number of esters is 2. The van der Waals surface area contributed by atoms with Crippen LogP contribution in [0.4, 0.5) is 0 Å². The summed E-state index contributed by atoms with van der Waals surface area (Å²) in [6.45, 7) is 0. The number of rotatable bonds is 4. The summed E-state index contributed by atoms with van der Waals surface area (Å²) in [5.41, 5.74) is 4.58. The maximum absolute atomic E-state index is 13.4. The molecule has 0 aromatic heterocycles. The van der Waals surface area contributed by atoms with Gasteiger partial charge in [-0.05, 0) is 46.5 Å². The highest BCUT2D eigenvalue weighted by Gasteiger charge is 2.89. The van der Waals surface area contributed by atoms with E-state index in [9.17, 15) is 9.59 Å². The van der Waals surface area contributed by atoms with Crippen molar-refractivity contribution in [1.29, 1.82) is 0 Å². The molecular formula is C31H20Br2O4. The second-order valence-corrected chi connectivity index (χ2v) is 12.2. The van der Waals surface area contributed by atoms with Gasteiger partial charge in [-0.1, -0.05) is 117 Å². The molecule has 0 radical (unpaired) electrons. The summed E-state index contributed by atoms with van der Waals surface area (Å²) < 4.78 is 11.0. The Balaban J connectivity index is 1.42. The van der Waals surface area contributed by atoms with E-state index in [1.807, 2.05) is 36.4 Å². The summed E-state index contributed by atoms with van der Waals surface area (Å²) in [4.78, 5) is 26.9. The molecule has 0 N–H and O–H groups in total. The lowest BCUT2D eigenvalue weighted by Crippen LogP contribution is -2.68. The minimum atomic E-state index is -0.811. The van der Waals surface area contributed by atoms with E-state index in [4.69, 9.17) is 9.47 Å². The molecule has 1 saturated carbocycles. The van der Waals surface area contributed by atoms with Gasteiger partial charge in [0.25, 0.3) is 0 Å². The fraction of sp³-hybridized carbons (Fsp3) is 0.161. The molecule has 6 heteroatoms. The number of halogens is 2. The van der Waals surface area contributed by atoms with E-state index >= 15 is 0 Å². The molecule has 37 heavy (non-hydrogen) atoms. The molecule has 0 saturated heterocycles. The van der Waals surface area contributed by atoms with E-state index in [1.54, 1.807) is 48.5 Å². The molecule has 1 fully saturated rings. The minimum Gasteiger partial charge on any atom is -0.453 e. The monoisotopic (exact) mass is 614 g/mol. The summed E-state index contributed by atoms with van der Waals surface area (Å²) in [5.74, 6) is -0.933. The van der Waals surface area contributed by atoms with Gasteiger partial charge in [-0.25, -0.2) is 9.59 Å². The quantitative estimate of drug-likeness (QED) is 0.191. The van der Waals surface area contributed by atoms with E-state index in [0.717, 1.165) is 22.3 Å². The molecule has 0 bridgehead atoms. The van der Waals surface area contributed by atoms with Crippen LogP contribution >= 0.6 is 31.9 Å². The first-order valence-electron chi connectivity index (χ1n) is 12.1. The average Bonchev–Trinajstić information content (AvgIpc) is 3.05. The van der Waals surface area contributed by atoms with Gasteiger partial charge in [0.2, 0.25) is 0 Å². The Morgan fingerprint density at radius 1 is 0.514 bits per heavy atom. The van der Waals surface area contributed by atoms with Gasteiger partial charge in [0.15, 0.2) is 12.2 Å². The number of alkyl halides is 2.